The minimum absolute atomic E-state index is 0.109. The molecule has 1 amide bonds. The SMILES string of the molecule is COCc1cc(C(=O)NC2(c3nc4cc(CN5CC(F)C5)cc(C#N)c4o3)C=CC=C(c3ccccc3C)C2Cl)ncc1CN1CC(O)C1. The van der Waals surface area contributed by atoms with Gasteiger partial charge in [0.25, 0.3) is 5.91 Å². The van der Waals surface area contributed by atoms with Crippen LogP contribution in [0.25, 0.3) is 16.7 Å². The Labute approximate surface area is 288 Å². The Morgan fingerprint density at radius 3 is 2.67 bits per heavy atom. The lowest BCUT2D eigenvalue weighted by atomic mass is 9.81. The van der Waals surface area contributed by atoms with Gasteiger partial charge < -0.3 is 19.6 Å². The third-order valence-corrected chi connectivity index (χ3v) is 9.95. The van der Waals surface area contributed by atoms with Gasteiger partial charge in [0.1, 0.15) is 23.5 Å². The molecule has 7 rings (SSSR count). The molecule has 1 aliphatic carbocycles. The maximum Gasteiger partial charge on any atom is 0.271 e. The molecule has 0 bridgehead atoms. The van der Waals surface area contributed by atoms with E-state index in [0.717, 1.165) is 33.4 Å². The molecule has 4 heterocycles. The fourth-order valence-corrected chi connectivity index (χ4v) is 7.17. The van der Waals surface area contributed by atoms with E-state index in [9.17, 15) is 19.6 Å². The Balaban J connectivity index is 1.28. The van der Waals surface area contributed by atoms with Crippen molar-refractivity contribution >= 4 is 34.2 Å². The van der Waals surface area contributed by atoms with Gasteiger partial charge in [0.2, 0.25) is 5.89 Å². The molecular weight excluding hydrogens is 647 g/mol. The van der Waals surface area contributed by atoms with Crippen molar-refractivity contribution in [3.8, 4) is 6.07 Å². The number of pyridine rings is 1. The topological polar surface area (TPSA) is 128 Å². The number of hydrogen-bond donors (Lipinski definition) is 2. The molecule has 2 atom stereocenters. The maximum atomic E-state index is 14.2. The van der Waals surface area contributed by atoms with E-state index >= 15 is 0 Å². The average Bonchev–Trinajstić information content (AvgIpc) is 3.50. The number of aromatic nitrogens is 2. The van der Waals surface area contributed by atoms with Crippen molar-refractivity contribution in [1.29, 1.82) is 5.26 Å². The van der Waals surface area contributed by atoms with E-state index in [-0.39, 0.29) is 35.4 Å². The zero-order valence-electron chi connectivity index (χ0n) is 27.2. The number of allylic oxidation sites excluding steroid dienone is 2. The molecule has 3 aliphatic rings. The number of likely N-dealkylation sites (tertiary alicyclic amines) is 2. The first-order valence-electron chi connectivity index (χ1n) is 16.2. The monoisotopic (exact) mass is 682 g/mol. The number of aryl methyl sites for hydroxylation is 1. The van der Waals surface area contributed by atoms with Crippen molar-refractivity contribution < 1.29 is 23.4 Å². The van der Waals surface area contributed by atoms with Crippen LogP contribution < -0.4 is 5.32 Å². The fourth-order valence-electron chi connectivity index (χ4n) is 6.76. The molecule has 10 nitrogen and oxygen atoms in total. The number of rotatable bonds is 10. The third-order valence-electron chi connectivity index (χ3n) is 9.37. The number of β-amino-alcohol motifs (C(OH)–C–C–N with tert-alkyl or cyclic N) is 1. The summed E-state index contributed by atoms with van der Waals surface area (Å²) in [6, 6.07) is 15.3. The molecule has 2 fully saturated rings. The number of nitrogens with one attached hydrogen (secondary N) is 1. The summed E-state index contributed by atoms with van der Waals surface area (Å²) in [6.07, 6.45) is 5.96. The van der Waals surface area contributed by atoms with E-state index in [1.807, 2.05) is 54.3 Å². The van der Waals surface area contributed by atoms with Crippen molar-refractivity contribution in [3.05, 3.63) is 112 Å². The number of oxazole rings is 1. The number of nitriles is 1. The Morgan fingerprint density at radius 2 is 1.96 bits per heavy atom. The van der Waals surface area contributed by atoms with Crippen molar-refractivity contribution in [2.24, 2.45) is 0 Å². The highest BCUT2D eigenvalue weighted by molar-refractivity contribution is 6.28. The number of halogens is 2. The number of carbonyl (C=O) groups is 1. The molecule has 4 aromatic rings. The lowest BCUT2D eigenvalue weighted by Crippen LogP contribution is -2.52. The van der Waals surface area contributed by atoms with Crippen molar-refractivity contribution in [2.75, 3.05) is 33.3 Å². The van der Waals surface area contributed by atoms with E-state index < -0.39 is 23.0 Å². The smallest absolute Gasteiger partial charge is 0.271 e. The summed E-state index contributed by atoms with van der Waals surface area (Å²) in [4.78, 5) is 27.6. The zero-order chi connectivity index (χ0) is 34.3. The number of hydrogen-bond acceptors (Lipinski definition) is 9. The van der Waals surface area contributed by atoms with Gasteiger partial charge in [0.15, 0.2) is 11.1 Å². The number of methoxy groups -OCH3 is 1. The summed E-state index contributed by atoms with van der Waals surface area (Å²) in [6.45, 7) is 5.14. The number of carbonyl (C=O) groups excluding carboxylic acids is 1. The van der Waals surface area contributed by atoms with Gasteiger partial charge in [-0.1, -0.05) is 36.4 Å². The van der Waals surface area contributed by atoms with E-state index in [1.165, 1.54) is 0 Å². The minimum Gasteiger partial charge on any atom is -0.436 e. The number of benzene rings is 2. The van der Waals surface area contributed by atoms with Gasteiger partial charge in [-0.05, 0) is 64.6 Å². The number of aliphatic hydroxyl groups excluding tert-OH is 1. The summed E-state index contributed by atoms with van der Waals surface area (Å²) < 4.78 is 25.3. The van der Waals surface area contributed by atoms with Crippen LogP contribution in [0.5, 0.6) is 0 Å². The van der Waals surface area contributed by atoms with Crippen LogP contribution in [0.4, 0.5) is 4.39 Å². The summed E-state index contributed by atoms with van der Waals surface area (Å²) >= 11 is 7.41. The van der Waals surface area contributed by atoms with Crippen LogP contribution in [-0.4, -0.2) is 81.7 Å². The lowest BCUT2D eigenvalue weighted by Gasteiger charge is -2.37. The molecule has 2 aliphatic heterocycles. The van der Waals surface area contributed by atoms with Gasteiger partial charge in [0.05, 0.1) is 23.7 Å². The summed E-state index contributed by atoms with van der Waals surface area (Å²) in [7, 11) is 1.59. The fraction of sp³-hybridized carbons (Fsp3) is 0.351. The second-order valence-electron chi connectivity index (χ2n) is 13.0. The Kier molecular flexibility index (Phi) is 9.09. The van der Waals surface area contributed by atoms with E-state index in [4.69, 9.17) is 25.7 Å². The van der Waals surface area contributed by atoms with Gasteiger partial charge in [0, 0.05) is 52.6 Å². The molecular formula is C37H36ClFN6O4. The number of alkyl halides is 2. The average molecular weight is 683 g/mol. The Morgan fingerprint density at radius 1 is 1.18 bits per heavy atom. The minimum atomic E-state index is -1.48. The highest BCUT2D eigenvalue weighted by atomic mass is 35.5. The first-order valence-corrected chi connectivity index (χ1v) is 16.6. The highest BCUT2D eigenvalue weighted by Gasteiger charge is 2.47. The first kappa shape index (κ1) is 33.1. The number of amides is 1. The van der Waals surface area contributed by atoms with Crippen LogP contribution in [0.2, 0.25) is 0 Å². The molecule has 0 radical (unpaired) electrons. The molecule has 2 N–H and O–H groups in total. The highest BCUT2D eigenvalue weighted by Crippen LogP contribution is 2.43. The molecule has 2 unspecified atom stereocenters. The predicted octanol–water partition coefficient (Wildman–Crippen LogP) is 4.77. The van der Waals surface area contributed by atoms with Crippen molar-refractivity contribution in [2.45, 2.75) is 49.8 Å². The lowest BCUT2D eigenvalue weighted by molar-refractivity contribution is -0.00327. The van der Waals surface area contributed by atoms with E-state index in [0.29, 0.717) is 44.8 Å². The van der Waals surface area contributed by atoms with E-state index in [1.54, 1.807) is 31.5 Å². The Bertz CT molecular complexity index is 2010. The molecule has 0 spiro atoms. The second-order valence-corrected chi connectivity index (χ2v) is 13.5. The second kappa shape index (κ2) is 13.5. The summed E-state index contributed by atoms with van der Waals surface area (Å²) in [5.41, 5.74) is 4.82. The standard InChI is InChI=1S/C37H36ClFN6O4/c1-22-6-3-4-7-29(22)30-8-5-9-37(34(30)38,36-42-31-11-23(15-44-17-27(39)18-44)10-24(13-40)33(31)49-36)43-35(47)32-12-25(21-48-2)26(14-41-32)16-45-19-28(46)20-45/h3-12,14,27-28,34,46H,15-21H2,1-2H3,(H,43,47). The van der Waals surface area contributed by atoms with Crippen LogP contribution in [0.1, 0.15) is 49.8 Å². The largest absolute Gasteiger partial charge is 0.436 e. The predicted molar refractivity (Wildman–Crippen MR) is 182 cm³/mol. The number of nitrogens with zero attached hydrogens (tertiary/aromatic N) is 5. The van der Waals surface area contributed by atoms with Crippen LogP contribution in [0, 0.1) is 18.3 Å². The molecule has 2 aromatic heterocycles. The summed E-state index contributed by atoms with van der Waals surface area (Å²) in [5.74, 6) is -0.399. The van der Waals surface area contributed by atoms with Crippen LogP contribution >= 0.6 is 11.6 Å². The number of fused-ring (bicyclic) bond motifs is 1. The number of ether oxygens (including phenoxy) is 1. The quantitative estimate of drug-likeness (QED) is 0.228. The van der Waals surface area contributed by atoms with Crippen LogP contribution in [0.3, 0.4) is 0 Å². The summed E-state index contributed by atoms with van der Waals surface area (Å²) in [5, 5.41) is 22.1. The number of aliphatic hydroxyl groups is 1. The van der Waals surface area contributed by atoms with Gasteiger partial charge in [-0.15, -0.1) is 11.6 Å². The molecule has 12 heteroatoms. The third kappa shape index (κ3) is 6.38. The van der Waals surface area contributed by atoms with Gasteiger partial charge in [-0.3, -0.25) is 19.6 Å². The molecule has 49 heavy (non-hydrogen) atoms. The van der Waals surface area contributed by atoms with Crippen molar-refractivity contribution in [3.63, 3.8) is 0 Å². The van der Waals surface area contributed by atoms with Crippen LogP contribution in [0.15, 0.2) is 71.3 Å². The zero-order valence-corrected chi connectivity index (χ0v) is 28.0. The van der Waals surface area contributed by atoms with Gasteiger partial charge in [-0.25, -0.2) is 9.37 Å². The maximum absolute atomic E-state index is 14.2. The normalized spacial score (nSPS) is 21.6. The van der Waals surface area contributed by atoms with Crippen molar-refractivity contribution in [1.82, 2.24) is 25.1 Å². The Hall–Kier alpha value is -4.44. The van der Waals surface area contributed by atoms with Gasteiger partial charge in [-0.2, -0.15) is 5.26 Å². The van der Waals surface area contributed by atoms with E-state index in [2.05, 4.69) is 21.3 Å². The molecule has 2 aromatic carbocycles. The van der Waals surface area contributed by atoms with Gasteiger partial charge >= 0.3 is 0 Å². The first-order chi connectivity index (χ1) is 23.7. The molecule has 252 valence electrons. The molecule has 2 saturated heterocycles. The molecule has 0 saturated carbocycles. The van der Waals surface area contributed by atoms with Crippen LogP contribution in [-0.2, 0) is 30.0 Å².